The number of carbonyl (C=O) groups is 1. The van der Waals surface area contributed by atoms with Crippen LogP contribution in [0.2, 0.25) is 0 Å². The Balaban J connectivity index is 2.76. The van der Waals surface area contributed by atoms with Crippen molar-refractivity contribution in [3.63, 3.8) is 0 Å². The van der Waals surface area contributed by atoms with Crippen LogP contribution < -0.4 is 15.9 Å². The highest BCUT2D eigenvalue weighted by molar-refractivity contribution is 7.85. The van der Waals surface area contributed by atoms with Crippen molar-refractivity contribution >= 4 is 16.7 Å². The van der Waals surface area contributed by atoms with Gasteiger partial charge in [0.1, 0.15) is 5.25 Å². The molecule has 7 heteroatoms. The number of aromatic nitrogens is 1. The topological polar surface area (TPSA) is 102 Å². The van der Waals surface area contributed by atoms with Crippen molar-refractivity contribution < 1.29 is 13.7 Å². The van der Waals surface area contributed by atoms with Crippen LogP contribution in [0.5, 0.6) is 5.75 Å². The predicted molar refractivity (Wildman–Crippen MR) is 73.4 cm³/mol. The first-order chi connectivity index (χ1) is 8.95. The summed E-state index contributed by atoms with van der Waals surface area (Å²) in [6.45, 7) is 3.90. The molecule has 0 spiro atoms. The first-order valence-corrected chi connectivity index (χ1v) is 7.34. The quantitative estimate of drug-likeness (QED) is 0.751. The second kappa shape index (κ2) is 7.08. The van der Waals surface area contributed by atoms with Crippen LogP contribution in [-0.2, 0) is 21.3 Å². The van der Waals surface area contributed by atoms with Gasteiger partial charge < -0.3 is 15.5 Å². The minimum atomic E-state index is -1.45. The van der Waals surface area contributed by atoms with E-state index in [0.717, 1.165) is 6.42 Å². The standard InChI is InChI=1S/C12H18N2O4S/c1-3-4-18-11-6-14-9(5-10(11)15)7-19(17)8(2)12(13)16/h5-6,8H,3-4,7H2,1-2H3,(H2,13,16)(H,14,15). The average Bonchev–Trinajstić information content (AvgIpc) is 2.36. The molecule has 0 bridgehead atoms. The van der Waals surface area contributed by atoms with Gasteiger partial charge in [0.2, 0.25) is 11.3 Å². The maximum Gasteiger partial charge on any atom is 0.232 e. The lowest BCUT2D eigenvalue weighted by Gasteiger charge is -2.08. The molecule has 0 aliphatic rings. The van der Waals surface area contributed by atoms with Crippen molar-refractivity contribution in [2.75, 3.05) is 6.61 Å². The summed E-state index contributed by atoms with van der Waals surface area (Å²) in [5.41, 5.74) is 5.29. The van der Waals surface area contributed by atoms with Gasteiger partial charge in [0.15, 0.2) is 5.75 Å². The lowest BCUT2D eigenvalue weighted by atomic mass is 10.3. The van der Waals surface area contributed by atoms with E-state index in [1.807, 2.05) is 6.92 Å². The van der Waals surface area contributed by atoms with Crippen molar-refractivity contribution in [2.24, 2.45) is 5.73 Å². The number of nitrogens with one attached hydrogen (secondary N) is 1. The number of nitrogens with two attached hydrogens (primary N) is 1. The fourth-order valence-corrected chi connectivity index (χ4v) is 2.30. The molecule has 6 nitrogen and oxygen atoms in total. The first kappa shape index (κ1) is 15.4. The van der Waals surface area contributed by atoms with E-state index < -0.39 is 22.0 Å². The Hall–Kier alpha value is -1.63. The number of aromatic amines is 1. The normalized spacial score (nSPS) is 13.8. The highest BCUT2D eigenvalue weighted by Crippen LogP contribution is 2.07. The molecule has 2 unspecified atom stereocenters. The van der Waals surface area contributed by atoms with Crippen LogP contribution in [0.25, 0.3) is 0 Å². The van der Waals surface area contributed by atoms with Gasteiger partial charge in [0.25, 0.3) is 0 Å². The van der Waals surface area contributed by atoms with Gasteiger partial charge in [0.05, 0.1) is 12.4 Å². The van der Waals surface area contributed by atoms with Crippen molar-refractivity contribution in [3.8, 4) is 5.75 Å². The molecule has 1 rings (SSSR count). The summed E-state index contributed by atoms with van der Waals surface area (Å²) >= 11 is 0. The number of ether oxygens (including phenoxy) is 1. The molecule has 106 valence electrons. The number of pyridine rings is 1. The average molecular weight is 286 g/mol. The molecule has 0 saturated carbocycles. The lowest BCUT2D eigenvalue weighted by Crippen LogP contribution is -2.30. The van der Waals surface area contributed by atoms with Crippen LogP contribution in [0.1, 0.15) is 26.0 Å². The third-order valence-electron chi connectivity index (χ3n) is 2.49. The molecule has 0 aromatic carbocycles. The zero-order valence-corrected chi connectivity index (χ0v) is 11.8. The van der Waals surface area contributed by atoms with E-state index in [2.05, 4.69) is 4.98 Å². The zero-order valence-electron chi connectivity index (χ0n) is 11.0. The van der Waals surface area contributed by atoms with Crippen LogP contribution in [0, 0.1) is 0 Å². The van der Waals surface area contributed by atoms with Gasteiger partial charge >= 0.3 is 0 Å². The zero-order chi connectivity index (χ0) is 14.4. The van der Waals surface area contributed by atoms with Gasteiger partial charge in [-0.1, -0.05) is 6.92 Å². The van der Waals surface area contributed by atoms with Crippen LogP contribution in [0.4, 0.5) is 0 Å². The number of primary amides is 1. The van der Waals surface area contributed by atoms with Crippen molar-refractivity contribution in [1.29, 1.82) is 0 Å². The highest BCUT2D eigenvalue weighted by atomic mass is 32.2. The van der Waals surface area contributed by atoms with Gasteiger partial charge in [0, 0.05) is 28.8 Å². The van der Waals surface area contributed by atoms with Crippen molar-refractivity contribution in [3.05, 3.63) is 28.2 Å². The summed E-state index contributed by atoms with van der Waals surface area (Å²) in [7, 11) is -1.45. The van der Waals surface area contributed by atoms with Crippen LogP contribution in [0.3, 0.4) is 0 Å². The third-order valence-corrected chi connectivity index (χ3v) is 4.11. The number of hydrogen-bond acceptors (Lipinski definition) is 4. The maximum absolute atomic E-state index is 11.8. The number of amides is 1. The molecule has 0 radical (unpaired) electrons. The van der Waals surface area contributed by atoms with Gasteiger partial charge in [-0.3, -0.25) is 13.8 Å². The number of H-pyrrole nitrogens is 1. The smallest absolute Gasteiger partial charge is 0.232 e. The van der Waals surface area contributed by atoms with Gasteiger partial charge in [-0.2, -0.15) is 0 Å². The first-order valence-electron chi connectivity index (χ1n) is 5.96. The Bertz CT molecular complexity index is 527. The summed E-state index contributed by atoms with van der Waals surface area (Å²) in [4.78, 5) is 25.4. The minimum absolute atomic E-state index is 0.0768. The molecule has 0 aliphatic carbocycles. The predicted octanol–water partition coefficient (Wildman–Crippen LogP) is 0.286. The summed E-state index contributed by atoms with van der Waals surface area (Å²) < 4.78 is 17.0. The maximum atomic E-state index is 11.8. The largest absolute Gasteiger partial charge is 0.488 e. The van der Waals surface area contributed by atoms with E-state index >= 15 is 0 Å². The SMILES string of the molecule is CCCOc1c[nH]c(CS(=O)C(C)C(N)=O)cc1=O. The number of carbonyl (C=O) groups excluding carboxylic acids is 1. The lowest BCUT2D eigenvalue weighted by molar-refractivity contribution is -0.117. The third kappa shape index (κ3) is 4.51. The number of rotatable bonds is 7. The molecule has 1 heterocycles. The molecule has 1 amide bonds. The fraction of sp³-hybridized carbons (Fsp3) is 0.500. The molecule has 1 aromatic heterocycles. The summed E-state index contributed by atoms with van der Waals surface area (Å²) in [5, 5.41) is -0.750. The molecular weight excluding hydrogens is 268 g/mol. The summed E-state index contributed by atoms with van der Waals surface area (Å²) in [6.07, 6.45) is 2.25. The molecule has 19 heavy (non-hydrogen) atoms. The van der Waals surface area contributed by atoms with Gasteiger partial charge in [-0.25, -0.2) is 0 Å². The van der Waals surface area contributed by atoms with Gasteiger partial charge in [-0.15, -0.1) is 0 Å². The summed E-state index contributed by atoms with van der Waals surface area (Å²) in [5.74, 6) is -0.309. The molecule has 0 saturated heterocycles. The van der Waals surface area contributed by atoms with E-state index in [1.54, 1.807) is 0 Å². The van der Waals surface area contributed by atoms with E-state index in [0.29, 0.717) is 12.3 Å². The van der Waals surface area contributed by atoms with E-state index in [1.165, 1.54) is 19.2 Å². The second-order valence-corrected chi connectivity index (χ2v) is 5.86. The molecular formula is C12H18N2O4S. The molecule has 3 N–H and O–H groups in total. The molecule has 0 aliphatic heterocycles. The Morgan fingerprint density at radius 3 is 2.79 bits per heavy atom. The van der Waals surface area contributed by atoms with E-state index in [4.69, 9.17) is 10.5 Å². The molecule has 1 aromatic rings. The monoisotopic (exact) mass is 286 g/mol. The fourth-order valence-electron chi connectivity index (χ4n) is 1.32. The van der Waals surface area contributed by atoms with E-state index in [-0.39, 0.29) is 16.9 Å². The van der Waals surface area contributed by atoms with E-state index in [9.17, 15) is 13.8 Å². The van der Waals surface area contributed by atoms with Crippen LogP contribution in [0.15, 0.2) is 17.1 Å². The number of hydrogen-bond donors (Lipinski definition) is 2. The minimum Gasteiger partial charge on any atom is -0.488 e. The Morgan fingerprint density at radius 1 is 1.58 bits per heavy atom. The second-order valence-electron chi connectivity index (χ2n) is 4.10. The summed E-state index contributed by atoms with van der Waals surface area (Å²) in [6, 6.07) is 1.33. The Morgan fingerprint density at radius 2 is 2.26 bits per heavy atom. The van der Waals surface area contributed by atoms with Crippen LogP contribution >= 0.6 is 0 Å². The van der Waals surface area contributed by atoms with Crippen molar-refractivity contribution in [1.82, 2.24) is 4.98 Å². The Kier molecular flexibility index (Phi) is 5.75. The van der Waals surface area contributed by atoms with Crippen LogP contribution in [-0.4, -0.2) is 27.0 Å². The van der Waals surface area contributed by atoms with Crippen molar-refractivity contribution in [2.45, 2.75) is 31.3 Å². The molecule has 0 fully saturated rings. The highest BCUT2D eigenvalue weighted by Gasteiger charge is 2.17. The Labute approximate surface area is 113 Å². The van der Waals surface area contributed by atoms with Gasteiger partial charge in [-0.05, 0) is 13.3 Å². The molecule has 2 atom stereocenters.